The predicted molar refractivity (Wildman–Crippen MR) is 137 cm³/mol. The van der Waals surface area contributed by atoms with Crippen LogP contribution in [0.3, 0.4) is 0 Å². The number of alkyl halides is 3. The molecule has 2 aromatic carbocycles. The van der Waals surface area contributed by atoms with Crippen molar-refractivity contribution in [1.29, 1.82) is 5.26 Å². The molecule has 7 nitrogen and oxygen atoms in total. The molecule has 192 valence electrons. The first-order valence-corrected chi connectivity index (χ1v) is 12.4. The topological polar surface area (TPSA) is 104 Å². The molecular weight excluding hydrogens is 517 g/mol. The summed E-state index contributed by atoms with van der Waals surface area (Å²) in [7, 11) is 0. The van der Waals surface area contributed by atoms with Crippen LogP contribution in [-0.2, 0) is 20.9 Å². The molecule has 0 atom stereocenters. The van der Waals surface area contributed by atoms with E-state index in [0.717, 1.165) is 15.0 Å². The monoisotopic (exact) mass is 536 g/mol. The minimum atomic E-state index is -4.59. The molecule has 11 heteroatoms. The van der Waals surface area contributed by atoms with E-state index in [1.54, 1.807) is 12.1 Å². The molecular formula is C27H19F3N4O3S. The van der Waals surface area contributed by atoms with E-state index in [0.29, 0.717) is 35.1 Å². The van der Waals surface area contributed by atoms with Gasteiger partial charge in [0.1, 0.15) is 18.1 Å². The third-order valence-electron chi connectivity index (χ3n) is 6.16. The number of rotatable bonds is 7. The van der Waals surface area contributed by atoms with E-state index in [1.807, 2.05) is 53.1 Å². The molecule has 5 rings (SSSR count). The van der Waals surface area contributed by atoms with Crippen LogP contribution in [0.1, 0.15) is 18.4 Å². The zero-order valence-electron chi connectivity index (χ0n) is 19.7. The number of aromatic nitrogens is 1. The number of thiophene rings is 1. The van der Waals surface area contributed by atoms with Crippen LogP contribution in [0.4, 0.5) is 13.2 Å². The lowest BCUT2D eigenvalue weighted by Gasteiger charge is -2.12. The van der Waals surface area contributed by atoms with Crippen LogP contribution in [0, 0.1) is 11.3 Å². The van der Waals surface area contributed by atoms with Gasteiger partial charge in [-0.1, -0.05) is 36.4 Å². The van der Waals surface area contributed by atoms with Crippen molar-refractivity contribution in [3.8, 4) is 16.6 Å². The molecule has 0 saturated carbocycles. The first-order chi connectivity index (χ1) is 18.2. The molecule has 38 heavy (non-hydrogen) atoms. The number of fused-ring (bicyclic) bond motifs is 2. The van der Waals surface area contributed by atoms with Gasteiger partial charge in [0.15, 0.2) is 0 Å². The Bertz CT molecular complexity index is 1660. The smallest absolute Gasteiger partial charge is 0.356 e. The quantitative estimate of drug-likeness (QED) is 0.259. The number of nitriles is 1. The molecule has 0 aliphatic carbocycles. The lowest BCUT2D eigenvalue weighted by atomic mass is 9.98. The van der Waals surface area contributed by atoms with Crippen molar-refractivity contribution in [2.45, 2.75) is 25.6 Å². The van der Waals surface area contributed by atoms with E-state index in [1.165, 1.54) is 11.3 Å². The number of carbonyl (C=O) groups is 3. The number of nitrogens with one attached hydrogen (secondary N) is 2. The van der Waals surface area contributed by atoms with Crippen LogP contribution >= 0.6 is 11.3 Å². The third-order valence-corrected chi connectivity index (χ3v) is 7.29. The number of para-hydroxylation sites is 1. The fourth-order valence-corrected chi connectivity index (χ4v) is 5.78. The Morgan fingerprint density at radius 2 is 1.82 bits per heavy atom. The molecule has 4 aromatic rings. The van der Waals surface area contributed by atoms with Crippen molar-refractivity contribution >= 4 is 55.6 Å². The van der Waals surface area contributed by atoms with E-state index in [4.69, 9.17) is 0 Å². The van der Waals surface area contributed by atoms with Gasteiger partial charge in [-0.15, -0.1) is 11.3 Å². The van der Waals surface area contributed by atoms with E-state index < -0.39 is 30.3 Å². The fraction of sp³-hybridized carbons (Fsp3) is 0.185. The second-order valence-corrected chi connectivity index (χ2v) is 9.77. The van der Waals surface area contributed by atoms with Gasteiger partial charge in [-0.25, -0.2) is 0 Å². The maximum atomic E-state index is 12.9. The molecule has 1 aliphatic rings. The lowest BCUT2D eigenvalue weighted by molar-refractivity contribution is -0.153. The van der Waals surface area contributed by atoms with E-state index in [2.05, 4.69) is 10.6 Å². The lowest BCUT2D eigenvalue weighted by Crippen LogP contribution is -2.29. The van der Waals surface area contributed by atoms with E-state index in [9.17, 15) is 32.8 Å². The normalized spacial score (nSPS) is 13.8. The first kappa shape index (κ1) is 25.2. The average molecular weight is 537 g/mol. The van der Waals surface area contributed by atoms with Gasteiger partial charge in [0.25, 0.3) is 11.8 Å². The second-order valence-electron chi connectivity index (χ2n) is 8.68. The number of benzene rings is 2. The van der Waals surface area contributed by atoms with Crippen molar-refractivity contribution in [2.24, 2.45) is 0 Å². The Labute approximate surface area is 218 Å². The SMILES string of the molecule is N#CC1=C(c2c(-c3cc4ccccc4s3)n(CCCNC(=O)CC(F)(F)F)c3ccccc23)C(=O)NC1=O. The number of aryl methyl sites for hydroxylation is 1. The predicted octanol–water partition coefficient (Wildman–Crippen LogP) is 4.92. The average Bonchev–Trinajstić information content (AvgIpc) is 3.51. The van der Waals surface area contributed by atoms with Crippen molar-refractivity contribution < 1.29 is 27.6 Å². The Morgan fingerprint density at radius 3 is 2.55 bits per heavy atom. The Hall–Kier alpha value is -4.43. The summed E-state index contributed by atoms with van der Waals surface area (Å²) in [5, 5.41) is 15.8. The number of amides is 3. The number of hydrogen-bond acceptors (Lipinski definition) is 5. The largest absolute Gasteiger partial charge is 0.397 e. The first-order valence-electron chi connectivity index (χ1n) is 11.6. The molecule has 0 radical (unpaired) electrons. The molecule has 3 amide bonds. The Morgan fingerprint density at radius 1 is 1.08 bits per heavy atom. The van der Waals surface area contributed by atoms with Crippen LogP contribution in [-0.4, -0.2) is 35.0 Å². The van der Waals surface area contributed by atoms with Gasteiger partial charge in [-0.3, -0.25) is 19.7 Å². The molecule has 0 unspecified atom stereocenters. The summed E-state index contributed by atoms with van der Waals surface area (Å²) in [5.41, 5.74) is 1.47. The van der Waals surface area contributed by atoms with Crippen LogP contribution in [0.25, 0.3) is 37.1 Å². The van der Waals surface area contributed by atoms with Crippen LogP contribution < -0.4 is 10.6 Å². The molecule has 0 saturated heterocycles. The zero-order chi connectivity index (χ0) is 27.0. The molecule has 0 bridgehead atoms. The highest BCUT2D eigenvalue weighted by Gasteiger charge is 2.36. The van der Waals surface area contributed by atoms with Crippen LogP contribution in [0.2, 0.25) is 0 Å². The summed E-state index contributed by atoms with van der Waals surface area (Å²) < 4.78 is 40.4. The number of carbonyl (C=O) groups excluding carboxylic acids is 3. The highest BCUT2D eigenvalue weighted by molar-refractivity contribution is 7.22. The fourth-order valence-electron chi connectivity index (χ4n) is 4.65. The molecule has 2 aromatic heterocycles. The highest BCUT2D eigenvalue weighted by Crippen LogP contribution is 2.44. The molecule has 0 fully saturated rings. The molecule has 1 aliphatic heterocycles. The summed E-state index contributed by atoms with van der Waals surface area (Å²) in [6, 6.07) is 18.7. The van der Waals surface area contributed by atoms with Crippen molar-refractivity contribution in [3.63, 3.8) is 0 Å². The van der Waals surface area contributed by atoms with Gasteiger partial charge < -0.3 is 9.88 Å². The second kappa shape index (κ2) is 9.79. The van der Waals surface area contributed by atoms with Gasteiger partial charge in [-0.05, 0) is 30.0 Å². The number of imide groups is 1. The van der Waals surface area contributed by atoms with Crippen LogP contribution in [0.5, 0.6) is 0 Å². The minimum absolute atomic E-state index is 0.00766. The maximum absolute atomic E-state index is 12.9. The molecule has 0 spiro atoms. The van der Waals surface area contributed by atoms with Crippen molar-refractivity contribution in [3.05, 3.63) is 65.7 Å². The van der Waals surface area contributed by atoms with Crippen LogP contribution in [0.15, 0.2) is 60.2 Å². The summed E-state index contributed by atoms with van der Waals surface area (Å²) in [5.74, 6) is -2.54. The van der Waals surface area contributed by atoms with Gasteiger partial charge in [0.05, 0.1) is 16.1 Å². The van der Waals surface area contributed by atoms with Gasteiger partial charge >= 0.3 is 6.18 Å². The summed E-state index contributed by atoms with van der Waals surface area (Å²) in [6.45, 7) is 0.300. The summed E-state index contributed by atoms with van der Waals surface area (Å²) in [4.78, 5) is 37.7. The number of halogens is 3. The highest BCUT2D eigenvalue weighted by atomic mass is 32.1. The Balaban J connectivity index is 1.64. The van der Waals surface area contributed by atoms with Gasteiger partial charge in [0, 0.05) is 34.3 Å². The zero-order valence-corrected chi connectivity index (χ0v) is 20.5. The molecule has 2 N–H and O–H groups in total. The third kappa shape index (κ3) is 4.66. The van der Waals surface area contributed by atoms with Crippen molar-refractivity contribution in [2.75, 3.05) is 6.54 Å². The number of nitrogens with zero attached hydrogens (tertiary/aromatic N) is 2. The van der Waals surface area contributed by atoms with Gasteiger partial charge in [0.2, 0.25) is 5.91 Å². The number of hydrogen-bond donors (Lipinski definition) is 2. The summed E-state index contributed by atoms with van der Waals surface area (Å²) in [6.07, 6.45) is -5.84. The molecule has 3 heterocycles. The Kier molecular flexibility index (Phi) is 6.50. The summed E-state index contributed by atoms with van der Waals surface area (Å²) >= 11 is 1.48. The van der Waals surface area contributed by atoms with Crippen molar-refractivity contribution in [1.82, 2.24) is 15.2 Å². The van der Waals surface area contributed by atoms with E-state index >= 15 is 0 Å². The minimum Gasteiger partial charge on any atom is -0.356 e. The maximum Gasteiger partial charge on any atom is 0.397 e. The van der Waals surface area contributed by atoms with Gasteiger partial charge in [-0.2, -0.15) is 18.4 Å². The standard InChI is InChI=1S/C27H19F3N4O3S/c28-27(29,30)13-21(35)32-10-5-11-34-18-8-3-2-7-16(18)22(23-17(14-31)25(36)33-26(23)37)24(34)20-12-15-6-1-4-9-19(15)38-20/h1-4,6-9,12H,5,10-11,13H2,(H,32,35)(H,33,36,37). The van der Waals surface area contributed by atoms with E-state index in [-0.39, 0.29) is 17.7 Å².